The number of fused-ring (bicyclic) bond motifs is 1. The maximum Gasteiger partial charge on any atom is 0.191 e. The smallest absolute Gasteiger partial charge is 0.191 e. The zero-order chi connectivity index (χ0) is 18.7. The van der Waals surface area contributed by atoms with E-state index in [1.807, 2.05) is 0 Å². The van der Waals surface area contributed by atoms with Crippen molar-refractivity contribution in [1.29, 1.82) is 0 Å². The van der Waals surface area contributed by atoms with Gasteiger partial charge < -0.3 is 20.1 Å². The van der Waals surface area contributed by atoms with E-state index >= 15 is 0 Å². The number of guanidine groups is 1. The fourth-order valence-corrected chi connectivity index (χ4v) is 4.40. The third-order valence-electron chi connectivity index (χ3n) is 5.88. The Morgan fingerprint density at radius 3 is 2.92 bits per heavy atom. The van der Waals surface area contributed by atoms with Crippen LogP contribution in [0.2, 0.25) is 0 Å². The van der Waals surface area contributed by atoms with Gasteiger partial charge in [0.05, 0.1) is 13.2 Å². The molecule has 2 aliphatic rings. The highest BCUT2D eigenvalue weighted by Crippen LogP contribution is 2.52. The Bertz CT molecular complexity index is 657. The number of nitrogens with zero attached hydrogens (tertiary/aromatic N) is 1. The first kappa shape index (κ1) is 19.0. The van der Waals surface area contributed by atoms with Gasteiger partial charge in [0, 0.05) is 37.1 Å². The van der Waals surface area contributed by atoms with Crippen molar-refractivity contribution in [3.63, 3.8) is 0 Å². The minimum absolute atomic E-state index is 0.154. The van der Waals surface area contributed by atoms with Crippen molar-refractivity contribution >= 4 is 5.96 Å². The van der Waals surface area contributed by atoms with Gasteiger partial charge in [-0.3, -0.25) is 4.99 Å². The molecule has 1 aromatic carbocycles. The van der Waals surface area contributed by atoms with Crippen LogP contribution in [0.1, 0.15) is 38.3 Å². The number of hydrogen-bond acceptors (Lipinski definition) is 3. The van der Waals surface area contributed by atoms with Gasteiger partial charge in [0.15, 0.2) is 5.96 Å². The summed E-state index contributed by atoms with van der Waals surface area (Å²) in [6.45, 7) is 11.3. The van der Waals surface area contributed by atoms with E-state index in [1.165, 1.54) is 5.56 Å². The first-order chi connectivity index (χ1) is 12.5. The van der Waals surface area contributed by atoms with Crippen LogP contribution in [0.25, 0.3) is 0 Å². The predicted molar refractivity (Wildman–Crippen MR) is 106 cm³/mol. The first-order valence-corrected chi connectivity index (χ1v) is 9.77. The third-order valence-corrected chi connectivity index (χ3v) is 5.88. The first-order valence-electron chi connectivity index (χ1n) is 9.77. The second-order valence-electron chi connectivity index (χ2n) is 8.00. The molecule has 0 spiro atoms. The number of aliphatic imine (C=N–C) groups is 1. The van der Waals surface area contributed by atoms with E-state index < -0.39 is 0 Å². The lowest BCUT2D eigenvalue weighted by Gasteiger charge is -2.54. The Labute approximate surface area is 157 Å². The molecule has 144 valence electrons. The van der Waals surface area contributed by atoms with Crippen LogP contribution in [0.3, 0.4) is 0 Å². The normalized spacial score (nSPS) is 26.8. The fraction of sp³-hybridized carbons (Fsp3) is 0.667. The van der Waals surface area contributed by atoms with E-state index in [2.05, 4.69) is 56.5 Å². The fourth-order valence-electron chi connectivity index (χ4n) is 4.40. The molecule has 0 bridgehead atoms. The maximum atomic E-state index is 5.90. The van der Waals surface area contributed by atoms with Crippen molar-refractivity contribution in [2.75, 3.05) is 26.8 Å². The topological polar surface area (TPSA) is 54.9 Å². The summed E-state index contributed by atoms with van der Waals surface area (Å²) in [4.78, 5) is 4.80. The molecule has 1 aliphatic heterocycles. The number of nitrogens with one attached hydrogen (secondary N) is 2. The van der Waals surface area contributed by atoms with Gasteiger partial charge in [-0.1, -0.05) is 26.0 Å². The van der Waals surface area contributed by atoms with Crippen LogP contribution >= 0.6 is 0 Å². The van der Waals surface area contributed by atoms with Crippen LogP contribution in [0, 0.1) is 18.3 Å². The summed E-state index contributed by atoms with van der Waals surface area (Å²) in [7, 11) is 1.72. The van der Waals surface area contributed by atoms with Crippen molar-refractivity contribution in [2.24, 2.45) is 16.3 Å². The van der Waals surface area contributed by atoms with Crippen molar-refractivity contribution in [1.82, 2.24) is 10.6 Å². The maximum absolute atomic E-state index is 5.90. The molecule has 1 heterocycles. The summed E-state index contributed by atoms with van der Waals surface area (Å²) in [5, 5.41) is 7.06. The van der Waals surface area contributed by atoms with Crippen LogP contribution in [-0.2, 0) is 11.2 Å². The van der Waals surface area contributed by atoms with E-state index in [9.17, 15) is 0 Å². The summed E-state index contributed by atoms with van der Waals surface area (Å²) in [6.07, 6.45) is 2.44. The zero-order valence-electron chi connectivity index (χ0n) is 16.8. The van der Waals surface area contributed by atoms with Crippen LogP contribution < -0.4 is 15.4 Å². The largest absolute Gasteiger partial charge is 0.496 e. The molecule has 3 atom stereocenters. The molecule has 2 fully saturated rings. The molecule has 2 N–H and O–H groups in total. The van der Waals surface area contributed by atoms with Crippen LogP contribution in [0.4, 0.5) is 0 Å². The van der Waals surface area contributed by atoms with Gasteiger partial charge in [-0.15, -0.1) is 0 Å². The number of hydrogen-bond donors (Lipinski definition) is 2. The second-order valence-corrected chi connectivity index (χ2v) is 8.00. The number of ether oxygens (including phenoxy) is 2. The van der Waals surface area contributed by atoms with Gasteiger partial charge >= 0.3 is 0 Å². The highest BCUT2D eigenvalue weighted by molar-refractivity contribution is 5.80. The molecule has 1 aromatic rings. The number of aryl methyl sites for hydroxylation is 1. The van der Waals surface area contributed by atoms with E-state index in [0.717, 1.165) is 49.8 Å². The molecule has 26 heavy (non-hydrogen) atoms. The van der Waals surface area contributed by atoms with Crippen LogP contribution in [0.15, 0.2) is 23.2 Å². The van der Waals surface area contributed by atoms with E-state index in [1.54, 1.807) is 7.11 Å². The Balaban J connectivity index is 1.61. The molecule has 3 rings (SSSR count). The number of rotatable bonds is 6. The SMILES string of the molecule is CCNC(=NCCc1ccc(C)c(OC)c1)NC1C2CCOC2C1(C)C. The Kier molecular flexibility index (Phi) is 5.76. The minimum Gasteiger partial charge on any atom is -0.496 e. The summed E-state index contributed by atoms with van der Waals surface area (Å²) in [5.41, 5.74) is 2.57. The third kappa shape index (κ3) is 3.68. The molecule has 1 saturated heterocycles. The van der Waals surface area contributed by atoms with Gasteiger partial charge in [0.1, 0.15) is 5.75 Å². The molecule has 3 unspecified atom stereocenters. The molecule has 5 nitrogen and oxygen atoms in total. The number of methoxy groups -OCH3 is 1. The van der Waals surface area contributed by atoms with Gasteiger partial charge in [0.25, 0.3) is 0 Å². The Morgan fingerprint density at radius 1 is 1.38 bits per heavy atom. The second kappa shape index (κ2) is 7.87. The molecule has 0 aromatic heterocycles. The molecule has 1 aliphatic carbocycles. The summed E-state index contributed by atoms with van der Waals surface area (Å²) >= 11 is 0. The van der Waals surface area contributed by atoms with E-state index in [-0.39, 0.29) is 5.41 Å². The molecule has 1 saturated carbocycles. The highest BCUT2D eigenvalue weighted by Gasteiger charge is 2.59. The highest BCUT2D eigenvalue weighted by atomic mass is 16.5. The standard InChI is InChI=1S/C21H33N3O2/c1-6-22-20(24-18-16-10-12-26-19(16)21(18,3)4)23-11-9-15-8-7-14(2)17(13-15)25-5/h7-8,13,16,18-19H,6,9-12H2,1-5H3,(H2,22,23,24). The zero-order valence-corrected chi connectivity index (χ0v) is 16.8. The quantitative estimate of drug-likeness (QED) is 0.606. The molecule has 5 heteroatoms. The minimum atomic E-state index is 0.154. The molecule has 0 amide bonds. The van der Waals surface area contributed by atoms with Crippen molar-refractivity contribution in [3.8, 4) is 5.75 Å². The van der Waals surface area contributed by atoms with Crippen LogP contribution in [-0.4, -0.2) is 44.9 Å². The Morgan fingerprint density at radius 2 is 2.19 bits per heavy atom. The van der Waals surface area contributed by atoms with Gasteiger partial charge in [0.2, 0.25) is 0 Å². The molecular formula is C21H33N3O2. The van der Waals surface area contributed by atoms with Crippen molar-refractivity contribution < 1.29 is 9.47 Å². The predicted octanol–water partition coefficient (Wildman–Crippen LogP) is 2.91. The molecule has 0 radical (unpaired) electrons. The van der Waals surface area contributed by atoms with Crippen LogP contribution in [0.5, 0.6) is 5.75 Å². The van der Waals surface area contributed by atoms with E-state index in [0.29, 0.717) is 18.1 Å². The van der Waals surface area contributed by atoms with Crippen molar-refractivity contribution in [2.45, 2.75) is 52.7 Å². The van der Waals surface area contributed by atoms with Crippen molar-refractivity contribution in [3.05, 3.63) is 29.3 Å². The van der Waals surface area contributed by atoms with Gasteiger partial charge in [-0.05, 0) is 43.9 Å². The lowest BCUT2D eigenvalue weighted by molar-refractivity contribution is -0.106. The molecular weight excluding hydrogens is 326 g/mol. The number of benzene rings is 1. The summed E-state index contributed by atoms with van der Waals surface area (Å²) in [6, 6.07) is 6.80. The van der Waals surface area contributed by atoms with Gasteiger partial charge in [-0.2, -0.15) is 0 Å². The lowest BCUT2D eigenvalue weighted by Crippen LogP contribution is -2.68. The average molecular weight is 360 g/mol. The van der Waals surface area contributed by atoms with Gasteiger partial charge in [-0.25, -0.2) is 0 Å². The summed E-state index contributed by atoms with van der Waals surface area (Å²) < 4.78 is 11.3. The monoisotopic (exact) mass is 359 g/mol. The lowest BCUT2D eigenvalue weighted by atomic mass is 9.57. The Hall–Kier alpha value is -1.75. The summed E-state index contributed by atoms with van der Waals surface area (Å²) in [5.74, 6) is 2.46. The average Bonchev–Trinajstić information content (AvgIpc) is 3.08. The van der Waals surface area contributed by atoms with E-state index in [4.69, 9.17) is 14.5 Å².